The molecule has 1 heterocycles. The van der Waals surface area contributed by atoms with E-state index in [0.717, 1.165) is 0 Å². The van der Waals surface area contributed by atoms with Gasteiger partial charge < -0.3 is 4.90 Å². The maximum Gasteiger partial charge on any atom is 0.269 e. The van der Waals surface area contributed by atoms with Gasteiger partial charge in [0, 0.05) is 18.0 Å². The third-order valence-electron chi connectivity index (χ3n) is 2.85. The van der Waals surface area contributed by atoms with Crippen LogP contribution in [0.1, 0.15) is 20.7 Å². The van der Waals surface area contributed by atoms with Gasteiger partial charge in [-0.3, -0.25) is 25.2 Å². The highest BCUT2D eigenvalue weighted by Crippen LogP contribution is 2.08. The molecule has 0 unspecified atom stereocenters. The SMILES string of the molecule is CN(CC(=O)NNC(=O)c1ccccc1)C(=O)c1ccsc1. The molecule has 0 saturated carbocycles. The maximum atomic E-state index is 12.0. The van der Waals surface area contributed by atoms with Crippen molar-refractivity contribution in [2.75, 3.05) is 13.6 Å². The number of amides is 3. The molecule has 2 aromatic rings. The van der Waals surface area contributed by atoms with Crippen LogP contribution in [0.15, 0.2) is 47.2 Å². The highest BCUT2D eigenvalue weighted by molar-refractivity contribution is 7.08. The quantitative estimate of drug-likeness (QED) is 0.834. The Balaban J connectivity index is 1.80. The van der Waals surface area contributed by atoms with Crippen molar-refractivity contribution in [1.82, 2.24) is 15.8 Å². The fourth-order valence-electron chi connectivity index (χ4n) is 1.72. The molecule has 6 nitrogen and oxygen atoms in total. The van der Waals surface area contributed by atoms with E-state index in [9.17, 15) is 14.4 Å². The predicted molar refractivity (Wildman–Crippen MR) is 83.3 cm³/mol. The fourth-order valence-corrected chi connectivity index (χ4v) is 2.35. The van der Waals surface area contributed by atoms with E-state index in [1.165, 1.54) is 23.3 Å². The summed E-state index contributed by atoms with van der Waals surface area (Å²) in [5.74, 6) is -1.14. The second-order valence-electron chi connectivity index (χ2n) is 4.54. The van der Waals surface area contributed by atoms with E-state index in [1.807, 2.05) is 0 Å². The summed E-state index contributed by atoms with van der Waals surface area (Å²) < 4.78 is 0. The number of thiophene rings is 1. The molecule has 0 atom stereocenters. The molecule has 114 valence electrons. The topological polar surface area (TPSA) is 78.5 Å². The summed E-state index contributed by atoms with van der Waals surface area (Å²) in [6, 6.07) is 10.2. The Morgan fingerprint density at radius 3 is 2.41 bits per heavy atom. The van der Waals surface area contributed by atoms with E-state index < -0.39 is 11.8 Å². The van der Waals surface area contributed by atoms with Crippen molar-refractivity contribution in [1.29, 1.82) is 0 Å². The van der Waals surface area contributed by atoms with Crippen LogP contribution in [-0.2, 0) is 4.79 Å². The van der Waals surface area contributed by atoms with Crippen LogP contribution < -0.4 is 10.9 Å². The fraction of sp³-hybridized carbons (Fsp3) is 0.133. The first-order chi connectivity index (χ1) is 10.6. The van der Waals surface area contributed by atoms with E-state index in [-0.39, 0.29) is 12.5 Å². The van der Waals surface area contributed by atoms with Gasteiger partial charge in [-0.2, -0.15) is 11.3 Å². The van der Waals surface area contributed by atoms with Crippen LogP contribution in [0.5, 0.6) is 0 Å². The zero-order chi connectivity index (χ0) is 15.9. The molecule has 0 radical (unpaired) electrons. The molecule has 0 bridgehead atoms. The normalized spacial score (nSPS) is 9.86. The number of hydrazine groups is 1. The number of carbonyl (C=O) groups excluding carboxylic acids is 3. The highest BCUT2D eigenvalue weighted by Gasteiger charge is 2.15. The van der Waals surface area contributed by atoms with Crippen LogP contribution in [0.2, 0.25) is 0 Å². The number of benzene rings is 1. The average molecular weight is 317 g/mol. The van der Waals surface area contributed by atoms with Crippen LogP contribution in [0.25, 0.3) is 0 Å². The molecule has 1 aromatic heterocycles. The summed E-state index contributed by atoms with van der Waals surface area (Å²) >= 11 is 1.41. The van der Waals surface area contributed by atoms with Crippen molar-refractivity contribution in [3.05, 3.63) is 58.3 Å². The summed E-state index contributed by atoms with van der Waals surface area (Å²) in [6.45, 7) is -0.149. The lowest BCUT2D eigenvalue weighted by molar-refractivity contribution is -0.122. The molecule has 0 aliphatic rings. The smallest absolute Gasteiger partial charge is 0.269 e. The van der Waals surface area contributed by atoms with Crippen molar-refractivity contribution in [3.63, 3.8) is 0 Å². The first-order valence-electron chi connectivity index (χ1n) is 6.50. The van der Waals surface area contributed by atoms with E-state index in [4.69, 9.17) is 0 Å². The second-order valence-corrected chi connectivity index (χ2v) is 5.32. The Morgan fingerprint density at radius 1 is 1.05 bits per heavy atom. The molecule has 1 aromatic carbocycles. The minimum atomic E-state index is -0.477. The van der Waals surface area contributed by atoms with E-state index in [2.05, 4.69) is 10.9 Å². The third kappa shape index (κ3) is 4.16. The Bertz CT molecular complexity index is 656. The molecular weight excluding hydrogens is 302 g/mol. The molecule has 7 heteroatoms. The van der Waals surface area contributed by atoms with Crippen molar-refractivity contribution >= 4 is 29.1 Å². The maximum absolute atomic E-state index is 12.0. The third-order valence-corrected chi connectivity index (χ3v) is 3.53. The second kappa shape index (κ2) is 7.37. The minimum absolute atomic E-state index is 0.149. The van der Waals surface area contributed by atoms with E-state index in [0.29, 0.717) is 11.1 Å². The molecule has 22 heavy (non-hydrogen) atoms. The van der Waals surface area contributed by atoms with Crippen molar-refractivity contribution in [3.8, 4) is 0 Å². The number of nitrogens with zero attached hydrogens (tertiary/aromatic N) is 1. The van der Waals surface area contributed by atoms with Gasteiger partial charge in [-0.1, -0.05) is 18.2 Å². The molecule has 0 saturated heterocycles. The number of hydrogen-bond donors (Lipinski definition) is 2. The van der Waals surface area contributed by atoms with E-state index in [1.54, 1.807) is 47.2 Å². The van der Waals surface area contributed by atoms with Crippen molar-refractivity contribution in [2.24, 2.45) is 0 Å². The Morgan fingerprint density at radius 2 is 1.77 bits per heavy atom. The molecule has 0 aliphatic heterocycles. The number of nitrogens with one attached hydrogen (secondary N) is 2. The van der Waals surface area contributed by atoms with Gasteiger partial charge in [0.2, 0.25) is 0 Å². The zero-order valence-electron chi connectivity index (χ0n) is 11.9. The molecule has 0 fully saturated rings. The van der Waals surface area contributed by atoms with Gasteiger partial charge in [0.25, 0.3) is 17.7 Å². The van der Waals surface area contributed by atoms with Crippen molar-refractivity contribution in [2.45, 2.75) is 0 Å². The number of carbonyl (C=O) groups is 3. The largest absolute Gasteiger partial charge is 0.332 e. The average Bonchev–Trinajstić information content (AvgIpc) is 3.07. The lowest BCUT2D eigenvalue weighted by atomic mass is 10.2. The summed E-state index contributed by atoms with van der Waals surface area (Å²) in [4.78, 5) is 36.7. The summed E-state index contributed by atoms with van der Waals surface area (Å²) in [7, 11) is 1.53. The molecular formula is C15H15N3O3S. The summed E-state index contributed by atoms with van der Waals surface area (Å²) in [6.07, 6.45) is 0. The van der Waals surface area contributed by atoms with Gasteiger partial charge in [-0.05, 0) is 23.6 Å². The van der Waals surface area contributed by atoms with Crippen LogP contribution >= 0.6 is 11.3 Å². The molecule has 0 spiro atoms. The molecule has 3 amide bonds. The number of likely N-dealkylation sites (N-methyl/N-ethyl adjacent to an activating group) is 1. The van der Waals surface area contributed by atoms with E-state index >= 15 is 0 Å². The number of hydrogen-bond acceptors (Lipinski definition) is 4. The summed E-state index contributed by atoms with van der Waals surface area (Å²) in [5.41, 5.74) is 5.56. The van der Waals surface area contributed by atoms with Gasteiger partial charge in [0.05, 0.1) is 5.56 Å². The van der Waals surface area contributed by atoms with Gasteiger partial charge in [0.1, 0.15) is 6.54 Å². The lowest BCUT2D eigenvalue weighted by Gasteiger charge is -2.16. The molecule has 2 N–H and O–H groups in total. The first kappa shape index (κ1) is 15.7. The number of rotatable bonds is 4. The Labute approximate surface area is 131 Å². The standard InChI is InChI=1S/C15H15N3O3S/c1-18(15(21)12-7-8-22-10-12)9-13(19)16-17-14(20)11-5-3-2-4-6-11/h2-8,10H,9H2,1H3,(H,16,19)(H,17,20). The van der Waals surface area contributed by atoms with Crippen LogP contribution in [0.4, 0.5) is 0 Å². The predicted octanol–water partition coefficient (Wildman–Crippen LogP) is 1.28. The van der Waals surface area contributed by atoms with Gasteiger partial charge in [-0.15, -0.1) is 0 Å². The Hall–Kier alpha value is -2.67. The minimum Gasteiger partial charge on any atom is -0.332 e. The molecule has 0 aliphatic carbocycles. The first-order valence-corrected chi connectivity index (χ1v) is 7.44. The monoisotopic (exact) mass is 317 g/mol. The van der Waals surface area contributed by atoms with Gasteiger partial charge in [-0.25, -0.2) is 0 Å². The van der Waals surface area contributed by atoms with Crippen LogP contribution in [0, 0.1) is 0 Å². The van der Waals surface area contributed by atoms with Crippen LogP contribution in [0.3, 0.4) is 0 Å². The summed E-state index contributed by atoms with van der Waals surface area (Å²) in [5, 5.41) is 3.51. The lowest BCUT2D eigenvalue weighted by Crippen LogP contribution is -2.46. The highest BCUT2D eigenvalue weighted by atomic mass is 32.1. The van der Waals surface area contributed by atoms with Crippen LogP contribution in [-0.4, -0.2) is 36.2 Å². The van der Waals surface area contributed by atoms with Gasteiger partial charge >= 0.3 is 0 Å². The molecule has 2 rings (SSSR count). The zero-order valence-corrected chi connectivity index (χ0v) is 12.7. The van der Waals surface area contributed by atoms with Gasteiger partial charge in [0.15, 0.2) is 0 Å². The Kier molecular flexibility index (Phi) is 5.26. The van der Waals surface area contributed by atoms with Crippen molar-refractivity contribution < 1.29 is 14.4 Å².